The molecule has 0 aliphatic carbocycles. The molecule has 5 nitrogen and oxygen atoms in total. The van der Waals surface area contributed by atoms with Gasteiger partial charge in [0.15, 0.2) is 0 Å². The van der Waals surface area contributed by atoms with Gasteiger partial charge in [0.05, 0.1) is 22.0 Å². The van der Waals surface area contributed by atoms with E-state index in [1.165, 1.54) is 0 Å². The molecule has 1 saturated heterocycles. The van der Waals surface area contributed by atoms with E-state index in [4.69, 9.17) is 11.6 Å². The molecule has 2 aromatic rings. The first kappa shape index (κ1) is 18.9. The van der Waals surface area contributed by atoms with Crippen molar-refractivity contribution in [1.29, 1.82) is 0 Å². The quantitative estimate of drug-likeness (QED) is 0.819. The van der Waals surface area contributed by atoms with E-state index in [-0.39, 0.29) is 11.9 Å². The van der Waals surface area contributed by atoms with Crippen molar-refractivity contribution < 1.29 is 4.79 Å². The Morgan fingerprint density at radius 3 is 2.54 bits per heavy atom. The summed E-state index contributed by atoms with van der Waals surface area (Å²) in [5.41, 5.74) is 3.40. The van der Waals surface area contributed by atoms with E-state index in [1.54, 1.807) is 6.07 Å². The monoisotopic (exact) mass is 374 g/mol. The van der Waals surface area contributed by atoms with Crippen LogP contribution in [0.4, 0.5) is 0 Å². The molecule has 2 heterocycles. The summed E-state index contributed by atoms with van der Waals surface area (Å²) in [6.45, 7) is 8.74. The van der Waals surface area contributed by atoms with Crippen LogP contribution in [0.3, 0.4) is 0 Å². The van der Waals surface area contributed by atoms with E-state index >= 15 is 0 Å². The summed E-state index contributed by atoms with van der Waals surface area (Å²) in [6.07, 6.45) is 2.01. The Hall–Kier alpha value is -1.85. The average Bonchev–Trinajstić information content (AvgIpc) is 2.96. The molecule has 0 unspecified atom stereocenters. The van der Waals surface area contributed by atoms with E-state index in [1.807, 2.05) is 48.6 Å². The Labute approximate surface area is 160 Å². The van der Waals surface area contributed by atoms with Crippen molar-refractivity contribution >= 4 is 17.5 Å². The molecular weight excluding hydrogens is 348 g/mol. The highest BCUT2D eigenvalue weighted by Crippen LogP contribution is 2.25. The SMILES string of the molecule is CCN(C(=O)c1cc(-n2nc(C)cc2C)ccc1Cl)C1CCN(C)CC1. The topological polar surface area (TPSA) is 41.4 Å². The zero-order valence-electron chi connectivity index (χ0n) is 16.0. The van der Waals surface area contributed by atoms with Gasteiger partial charge in [-0.25, -0.2) is 4.68 Å². The third-order valence-electron chi connectivity index (χ3n) is 5.16. The van der Waals surface area contributed by atoms with Crippen LogP contribution in [0.25, 0.3) is 5.69 Å². The number of aromatic nitrogens is 2. The lowest BCUT2D eigenvalue weighted by atomic mass is 10.0. The van der Waals surface area contributed by atoms with Gasteiger partial charge in [-0.3, -0.25) is 4.79 Å². The van der Waals surface area contributed by atoms with E-state index in [0.29, 0.717) is 17.1 Å². The van der Waals surface area contributed by atoms with Crippen molar-refractivity contribution in [3.8, 4) is 5.69 Å². The molecule has 0 bridgehead atoms. The van der Waals surface area contributed by atoms with Gasteiger partial charge in [0, 0.05) is 18.3 Å². The van der Waals surface area contributed by atoms with Crippen LogP contribution in [0.5, 0.6) is 0 Å². The maximum absolute atomic E-state index is 13.2. The number of hydrogen-bond acceptors (Lipinski definition) is 3. The van der Waals surface area contributed by atoms with Gasteiger partial charge in [0.2, 0.25) is 0 Å². The Morgan fingerprint density at radius 2 is 1.96 bits per heavy atom. The predicted octanol–water partition coefficient (Wildman–Crippen LogP) is 3.70. The molecule has 0 saturated carbocycles. The molecule has 1 fully saturated rings. The molecule has 0 atom stereocenters. The van der Waals surface area contributed by atoms with Gasteiger partial charge in [-0.05, 0) is 78.0 Å². The third-order valence-corrected chi connectivity index (χ3v) is 5.49. The van der Waals surface area contributed by atoms with Gasteiger partial charge < -0.3 is 9.80 Å². The Balaban J connectivity index is 1.90. The second-order valence-corrected chi connectivity index (χ2v) is 7.54. The molecule has 1 aliphatic heterocycles. The van der Waals surface area contributed by atoms with Crippen LogP contribution in [0, 0.1) is 13.8 Å². The molecule has 140 valence electrons. The molecule has 1 aromatic carbocycles. The number of carbonyl (C=O) groups is 1. The Kier molecular flexibility index (Phi) is 5.68. The lowest BCUT2D eigenvalue weighted by molar-refractivity contribution is 0.0606. The number of piperidine rings is 1. The summed E-state index contributed by atoms with van der Waals surface area (Å²) in [4.78, 5) is 17.5. The van der Waals surface area contributed by atoms with E-state index < -0.39 is 0 Å². The van der Waals surface area contributed by atoms with Crippen LogP contribution < -0.4 is 0 Å². The van der Waals surface area contributed by atoms with Crippen LogP contribution >= 0.6 is 11.6 Å². The van der Waals surface area contributed by atoms with Crippen LogP contribution in [-0.2, 0) is 0 Å². The van der Waals surface area contributed by atoms with Gasteiger partial charge >= 0.3 is 0 Å². The molecule has 0 spiro atoms. The number of halogens is 1. The van der Waals surface area contributed by atoms with Gasteiger partial charge in [-0.1, -0.05) is 11.6 Å². The van der Waals surface area contributed by atoms with Crippen molar-refractivity contribution in [2.45, 2.75) is 39.7 Å². The van der Waals surface area contributed by atoms with Crippen molar-refractivity contribution in [2.24, 2.45) is 0 Å². The fourth-order valence-electron chi connectivity index (χ4n) is 3.73. The van der Waals surface area contributed by atoms with Gasteiger partial charge in [0.1, 0.15) is 0 Å². The minimum atomic E-state index is 0.00966. The largest absolute Gasteiger partial charge is 0.336 e. The van der Waals surface area contributed by atoms with Crippen molar-refractivity contribution in [3.63, 3.8) is 0 Å². The summed E-state index contributed by atoms with van der Waals surface area (Å²) in [7, 11) is 2.13. The minimum absolute atomic E-state index is 0.00966. The van der Waals surface area contributed by atoms with Crippen molar-refractivity contribution in [3.05, 3.63) is 46.2 Å². The highest BCUT2D eigenvalue weighted by Gasteiger charge is 2.28. The van der Waals surface area contributed by atoms with Gasteiger partial charge in [-0.15, -0.1) is 0 Å². The van der Waals surface area contributed by atoms with E-state index in [0.717, 1.165) is 43.0 Å². The third kappa shape index (κ3) is 3.79. The number of hydrogen-bond donors (Lipinski definition) is 0. The molecular formula is C20H27ClN4O. The number of nitrogens with zero attached hydrogens (tertiary/aromatic N) is 4. The molecule has 3 rings (SSSR count). The summed E-state index contributed by atoms with van der Waals surface area (Å²) in [6, 6.07) is 7.86. The van der Waals surface area contributed by atoms with Crippen LogP contribution in [0.15, 0.2) is 24.3 Å². The maximum atomic E-state index is 13.2. The van der Waals surface area contributed by atoms with Gasteiger partial charge in [-0.2, -0.15) is 5.10 Å². The van der Waals surface area contributed by atoms with E-state index in [9.17, 15) is 4.79 Å². The van der Waals surface area contributed by atoms with E-state index in [2.05, 4.69) is 17.0 Å². The summed E-state index contributed by atoms with van der Waals surface area (Å²) >= 11 is 6.40. The normalized spacial score (nSPS) is 16.0. The molecule has 0 N–H and O–H groups in total. The van der Waals surface area contributed by atoms with Crippen LogP contribution in [0.2, 0.25) is 5.02 Å². The second-order valence-electron chi connectivity index (χ2n) is 7.13. The Bertz CT molecular complexity index is 793. The molecule has 26 heavy (non-hydrogen) atoms. The first-order valence-corrected chi connectivity index (χ1v) is 9.61. The fraction of sp³-hybridized carbons (Fsp3) is 0.500. The van der Waals surface area contributed by atoms with Crippen LogP contribution in [0.1, 0.15) is 41.5 Å². The molecule has 1 aromatic heterocycles. The number of amides is 1. The zero-order valence-corrected chi connectivity index (χ0v) is 16.8. The Morgan fingerprint density at radius 1 is 1.27 bits per heavy atom. The van der Waals surface area contributed by atoms with Crippen LogP contribution in [-0.4, -0.2) is 58.2 Å². The molecule has 1 aliphatic rings. The number of aryl methyl sites for hydroxylation is 2. The number of rotatable bonds is 4. The standard InChI is InChI=1S/C20H27ClN4O/c1-5-24(16-8-10-23(4)11-9-16)20(26)18-13-17(6-7-19(18)21)25-15(3)12-14(2)22-25/h6-7,12-13,16H,5,8-11H2,1-4H3. The smallest absolute Gasteiger partial charge is 0.255 e. The summed E-state index contributed by atoms with van der Waals surface area (Å²) in [5.74, 6) is 0.00966. The second kappa shape index (κ2) is 7.80. The molecule has 1 amide bonds. The summed E-state index contributed by atoms with van der Waals surface area (Å²) < 4.78 is 1.86. The highest BCUT2D eigenvalue weighted by molar-refractivity contribution is 6.33. The maximum Gasteiger partial charge on any atom is 0.255 e. The lowest BCUT2D eigenvalue weighted by Crippen LogP contribution is -2.46. The van der Waals surface area contributed by atoms with Gasteiger partial charge in [0.25, 0.3) is 5.91 Å². The summed E-state index contributed by atoms with van der Waals surface area (Å²) in [5, 5.41) is 5.01. The molecule has 6 heteroatoms. The predicted molar refractivity (Wildman–Crippen MR) is 105 cm³/mol. The number of benzene rings is 1. The zero-order chi connectivity index (χ0) is 18.8. The first-order chi connectivity index (χ1) is 12.4. The highest BCUT2D eigenvalue weighted by atomic mass is 35.5. The molecule has 0 radical (unpaired) electrons. The lowest BCUT2D eigenvalue weighted by Gasteiger charge is -2.37. The van der Waals surface area contributed by atoms with Crippen molar-refractivity contribution in [2.75, 3.05) is 26.7 Å². The first-order valence-electron chi connectivity index (χ1n) is 9.23. The van der Waals surface area contributed by atoms with Crippen molar-refractivity contribution in [1.82, 2.24) is 19.6 Å². The average molecular weight is 375 g/mol. The number of likely N-dealkylation sites (tertiary alicyclic amines) is 1. The number of carbonyl (C=O) groups excluding carboxylic acids is 1. The minimum Gasteiger partial charge on any atom is -0.336 e. The fourth-order valence-corrected chi connectivity index (χ4v) is 3.93.